The van der Waals surface area contributed by atoms with Crippen LogP contribution in [-0.4, -0.2) is 81.0 Å². The van der Waals surface area contributed by atoms with Gasteiger partial charge in [0.15, 0.2) is 11.5 Å². The van der Waals surface area contributed by atoms with E-state index in [4.69, 9.17) is 18.9 Å². The fourth-order valence-corrected chi connectivity index (χ4v) is 4.02. The summed E-state index contributed by atoms with van der Waals surface area (Å²) >= 11 is 0. The summed E-state index contributed by atoms with van der Waals surface area (Å²) in [6.45, 7) is -0.452. The lowest BCUT2D eigenvalue weighted by Crippen LogP contribution is -2.60. The minimum Gasteiger partial charge on any atom is -0.508 e. The molecule has 0 amide bonds. The smallest absolute Gasteiger partial charge is 0.330 e. The molecule has 11 heteroatoms. The maximum Gasteiger partial charge on any atom is 0.330 e. The van der Waals surface area contributed by atoms with Crippen LogP contribution in [-0.2, 0) is 14.3 Å². The van der Waals surface area contributed by atoms with Gasteiger partial charge in [-0.25, -0.2) is 4.79 Å². The summed E-state index contributed by atoms with van der Waals surface area (Å²) in [7, 11) is 1.44. The third-order valence-electron chi connectivity index (χ3n) is 6.20. The van der Waals surface area contributed by atoms with E-state index >= 15 is 0 Å². The minimum absolute atomic E-state index is 0.0349. The molecule has 0 aliphatic carbocycles. The van der Waals surface area contributed by atoms with E-state index in [-0.39, 0.29) is 23.0 Å². The van der Waals surface area contributed by atoms with Gasteiger partial charge < -0.3 is 49.6 Å². The van der Waals surface area contributed by atoms with Gasteiger partial charge >= 0.3 is 5.97 Å². The predicted molar refractivity (Wildman–Crippen MR) is 147 cm³/mol. The Bertz CT molecular complexity index is 1400. The van der Waals surface area contributed by atoms with E-state index < -0.39 is 43.3 Å². The number of esters is 1. The molecule has 0 unspecified atom stereocenters. The summed E-state index contributed by atoms with van der Waals surface area (Å²) in [6, 6.07) is 15.2. The molecule has 1 heterocycles. The molecule has 3 aromatic rings. The van der Waals surface area contributed by atoms with Gasteiger partial charge in [-0.3, -0.25) is 0 Å². The molecule has 0 radical (unpaired) electrons. The van der Waals surface area contributed by atoms with Gasteiger partial charge in [0, 0.05) is 12.1 Å². The Labute approximate surface area is 235 Å². The molecular formula is C30H30O11. The molecule has 11 nitrogen and oxygen atoms in total. The van der Waals surface area contributed by atoms with Crippen LogP contribution in [0.5, 0.6) is 28.7 Å². The van der Waals surface area contributed by atoms with Crippen molar-refractivity contribution in [2.45, 2.75) is 30.7 Å². The van der Waals surface area contributed by atoms with Gasteiger partial charge in [-0.15, -0.1) is 0 Å². The average Bonchev–Trinajstić information content (AvgIpc) is 2.95. The van der Waals surface area contributed by atoms with Gasteiger partial charge in [-0.05, 0) is 59.2 Å². The Morgan fingerprint density at radius 1 is 0.805 bits per heavy atom. The molecule has 6 N–H and O–H groups in total. The molecule has 1 aliphatic rings. The maximum atomic E-state index is 12.1. The number of hydrogen-bond donors (Lipinski definition) is 6. The largest absolute Gasteiger partial charge is 0.508 e. The zero-order valence-electron chi connectivity index (χ0n) is 21.9. The van der Waals surface area contributed by atoms with Gasteiger partial charge in [-0.2, -0.15) is 0 Å². The lowest BCUT2D eigenvalue weighted by atomic mass is 9.99. The van der Waals surface area contributed by atoms with E-state index in [2.05, 4.69) is 0 Å². The van der Waals surface area contributed by atoms with Crippen LogP contribution in [0.2, 0.25) is 0 Å². The molecule has 0 aromatic heterocycles. The van der Waals surface area contributed by atoms with Gasteiger partial charge in [0.2, 0.25) is 6.29 Å². The summed E-state index contributed by atoms with van der Waals surface area (Å²) < 4.78 is 21.5. The van der Waals surface area contributed by atoms with Crippen molar-refractivity contribution in [1.29, 1.82) is 0 Å². The van der Waals surface area contributed by atoms with E-state index in [1.807, 2.05) is 0 Å². The van der Waals surface area contributed by atoms with Crippen LogP contribution in [0.15, 0.2) is 66.7 Å². The first-order valence-electron chi connectivity index (χ1n) is 12.5. The highest BCUT2D eigenvalue weighted by atomic mass is 16.7. The molecule has 0 saturated carbocycles. The number of aliphatic hydroxyl groups is 3. The number of carbonyl (C=O) groups excluding carboxylic acids is 1. The molecule has 1 aliphatic heterocycles. The van der Waals surface area contributed by atoms with Crippen LogP contribution < -0.4 is 9.47 Å². The van der Waals surface area contributed by atoms with E-state index in [1.165, 1.54) is 49.6 Å². The van der Waals surface area contributed by atoms with Crippen LogP contribution in [0.1, 0.15) is 16.7 Å². The van der Waals surface area contributed by atoms with E-state index in [0.29, 0.717) is 22.4 Å². The second-order valence-electron chi connectivity index (χ2n) is 9.21. The van der Waals surface area contributed by atoms with Crippen LogP contribution in [0, 0.1) is 0 Å². The highest BCUT2D eigenvalue weighted by molar-refractivity contribution is 5.87. The maximum absolute atomic E-state index is 12.1. The predicted octanol–water partition coefficient (Wildman–Crippen LogP) is 2.43. The van der Waals surface area contributed by atoms with E-state index in [9.17, 15) is 35.4 Å². The Morgan fingerprint density at radius 3 is 2.22 bits per heavy atom. The Balaban J connectivity index is 1.40. The number of benzene rings is 3. The molecular weight excluding hydrogens is 536 g/mol. The SMILES string of the molecule is COc1ccc(/C=C/c2cc(O)cc(O[C@@H]3O[C@H](COC(=O)/C=C/c4ccc(O)cc4)[C@@H](O)[C@H](O)[C@H]3O)c2)cc1O. The van der Waals surface area contributed by atoms with Crippen molar-refractivity contribution in [2.24, 2.45) is 0 Å². The summed E-state index contributed by atoms with van der Waals surface area (Å²) in [5.74, 6) is -0.446. The van der Waals surface area contributed by atoms with Crippen LogP contribution >= 0.6 is 0 Å². The zero-order chi connectivity index (χ0) is 29.5. The standard InChI is InChI=1S/C30H30O11/c1-38-24-10-6-18(14-23(24)33)2-3-19-12-21(32)15-22(13-19)40-30-29(37)28(36)27(35)25(41-30)16-39-26(34)11-7-17-4-8-20(31)9-5-17/h2-15,25,27-33,35-37H,16H2,1H3/b3-2+,11-7+/t25-,27-,28+,29-,30-/m1/s1. The Morgan fingerprint density at radius 2 is 1.51 bits per heavy atom. The van der Waals surface area contributed by atoms with Gasteiger partial charge in [0.05, 0.1) is 7.11 Å². The number of phenolic OH excluding ortho intramolecular Hbond substituents is 3. The summed E-state index contributed by atoms with van der Waals surface area (Å²) in [5, 5.41) is 60.7. The highest BCUT2D eigenvalue weighted by Crippen LogP contribution is 2.30. The van der Waals surface area contributed by atoms with Gasteiger partial charge in [0.1, 0.15) is 48.3 Å². The third-order valence-corrected chi connectivity index (χ3v) is 6.20. The molecule has 4 rings (SSSR count). The minimum atomic E-state index is -1.68. The van der Waals surface area contributed by atoms with Crippen LogP contribution in [0.25, 0.3) is 18.2 Å². The monoisotopic (exact) mass is 566 g/mol. The molecule has 5 atom stereocenters. The molecule has 0 bridgehead atoms. The van der Waals surface area contributed by atoms with Crippen molar-refractivity contribution < 1.29 is 54.4 Å². The summed E-state index contributed by atoms with van der Waals surface area (Å²) in [6.07, 6.45) is -1.67. The molecule has 41 heavy (non-hydrogen) atoms. The van der Waals surface area contributed by atoms with Crippen molar-refractivity contribution in [3.63, 3.8) is 0 Å². The van der Waals surface area contributed by atoms with Crippen molar-refractivity contribution in [1.82, 2.24) is 0 Å². The summed E-state index contributed by atoms with van der Waals surface area (Å²) in [5.41, 5.74) is 1.81. The number of phenols is 3. The van der Waals surface area contributed by atoms with Crippen molar-refractivity contribution in [2.75, 3.05) is 13.7 Å². The second kappa shape index (κ2) is 13.2. The number of carbonyl (C=O) groups is 1. The van der Waals surface area contributed by atoms with Crippen molar-refractivity contribution in [3.8, 4) is 28.7 Å². The fraction of sp³-hybridized carbons (Fsp3) is 0.233. The van der Waals surface area contributed by atoms with Gasteiger partial charge in [0.25, 0.3) is 0 Å². The van der Waals surface area contributed by atoms with Crippen molar-refractivity contribution >= 4 is 24.2 Å². The molecule has 3 aromatic carbocycles. The number of rotatable bonds is 9. The molecule has 1 saturated heterocycles. The van der Waals surface area contributed by atoms with E-state index in [0.717, 1.165) is 6.08 Å². The first-order valence-corrected chi connectivity index (χ1v) is 12.5. The topological polar surface area (TPSA) is 175 Å². The van der Waals surface area contributed by atoms with Gasteiger partial charge in [-0.1, -0.05) is 30.4 Å². The lowest BCUT2D eigenvalue weighted by molar-refractivity contribution is -0.278. The normalized spacial score (nSPS) is 22.6. The molecule has 0 spiro atoms. The highest BCUT2D eigenvalue weighted by Gasteiger charge is 2.45. The second-order valence-corrected chi connectivity index (χ2v) is 9.21. The zero-order valence-corrected chi connectivity index (χ0v) is 21.9. The van der Waals surface area contributed by atoms with Crippen LogP contribution in [0.4, 0.5) is 0 Å². The quantitative estimate of drug-likeness (QED) is 0.127. The first kappa shape index (κ1) is 29.4. The number of hydrogen-bond acceptors (Lipinski definition) is 11. The molecule has 1 fully saturated rings. The average molecular weight is 567 g/mol. The number of aromatic hydroxyl groups is 3. The lowest BCUT2D eigenvalue weighted by Gasteiger charge is -2.39. The first-order chi connectivity index (χ1) is 19.6. The van der Waals surface area contributed by atoms with Crippen molar-refractivity contribution in [3.05, 3.63) is 83.4 Å². The number of methoxy groups -OCH3 is 1. The fourth-order valence-electron chi connectivity index (χ4n) is 4.02. The third kappa shape index (κ3) is 7.77. The van der Waals surface area contributed by atoms with E-state index in [1.54, 1.807) is 36.4 Å². The Kier molecular flexibility index (Phi) is 9.48. The number of aliphatic hydroxyl groups excluding tert-OH is 3. The number of ether oxygens (including phenoxy) is 4. The van der Waals surface area contributed by atoms with Crippen LogP contribution in [0.3, 0.4) is 0 Å². The molecule has 216 valence electrons. The summed E-state index contributed by atoms with van der Waals surface area (Å²) in [4.78, 5) is 12.1. The Hall–Kier alpha value is -4.55.